The predicted octanol–water partition coefficient (Wildman–Crippen LogP) is 1.20. The zero-order valence-electron chi connectivity index (χ0n) is 15.2. The molecule has 0 aliphatic rings. The molecule has 0 spiro atoms. The molecule has 0 aromatic heterocycles. The van der Waals surface area contributed by atoms with E-state index in [1.54, 1.807) is 7.05 Å². The van der Waals surface area contributed by atoms with E-state index < -0.39 is 6.36 Å². The first-order valence-corrected chi connectivity index (χ1v) is 8.22. The summed E-state index contributed by atoms with van der Waals surface area (Å²) < 4.78 is 40.0. The number of nitrogens with one attached hydrogen (secondary N) is 3. The third kappa shape index (κ3) is 8.70. The molecular formula is C17H25F3N3O3+. The fraction of sp³-hybridized carbons (Fsp3) is 0.529. The summed E-state index contributed by atoms with van der Waals surface area (Å²) in [5, 5.41) is 5.43. The number of hydrogen-bond acceptors (Lipinski definition) is 3. The van der Waals surface area contributed by atoms with Crippen molar-refractivity contribution in [3.05, 3.63) is 24.3 Å². The van der Waals surface area contributed by atoms with Crippen molar-refractivity contribution in [2.75, 3.05) is 25.5 Å². The van der Waals surface area contributed by atoms with Crippen molar-refractivity contribution in [3.8, 4) is 5.75 Å². The number of alkyl halides is 3. The van der Waals surface area contributed by atoms with E-state index in [0.29, 0.717) is 16.5 Å². The van der Waals surface area contributed by atoms with E-state index in [9.17, 15) is 22.8 Å². The summed E-state index contributed by atoms with van der Waals surface area (Å²) in [4.78, 5) is 24.6. The molecule has 2 atom stereocenters. The van der Waals surface area contributed by atoms with Gasteiger partial charge in [0.2, 0.25) is 0 Å². The maximum atomic E-state index is 12.1. The topological polar surface area (TPSA) is 71.9 Å². The van der Waals surface area contributed by atoms with Crippen LogP contribution in [0.1, 0.15) is 20.8 Å². The first-order chi connectivity index (χ1) is 12.0. The van der Waals surface area contributed by atoms with Gasteiger partial charge < -0.3 is 20.3 Å². The highest BCUT2D eigenvalue weighted by atomic mass is 19.4. The maximum absolute atomic E-state index is 12.1. The van der Waals surface area contributed by atoms with Crippen LogP contribution in [0.5, 0.6) is 5.75 Å². The van der Waals surface area contributed by atoms with E-state index in [-0.39, 0.29) is 36.7 Å². The summed E-state index contributed by atoms with van der Waals surface area (Å²) in [6, 6.07) is 4.89. The van der Waals surface area contributed by atoms with Crippen molar-refractivity contribution in [2.24, 2.45) is 5.92 Å². The van der Waals surface area contributed by atoms with E-state index in [1.807, 2.05) is 20.8 Å². The molecule has 9 heteroatoms. The van der Waals surface area contributed by atoms with Crippen LogP contribution in [0.4, 0.5) is 18.9 Å². The highest BCUT2D eigenvalue weighted by Gasteiger charge is 2.31. The lowest BCUT2D eigenvalue weighted by molar-refractivity contribution is -0.862. The SMILES string of the molecule is CC(C)[C@@H](C)NC(=O)C[NH+](C)CC(=O)Nc1ccc(OC(F)(F)F)cc1. The molecule has 1 aromatic carbocycles. The molecule has 0 saturated heterocycles. The summed E-state index contributed by atoms with van der Waals surface area (Å²) in [5.74, 6) is -0.553. The second-order valence-electron chi connectivity index (χ2n) is 6.53. The van der Waals surface area contributed by atoms with E-state index in [2.05, 4.69) is 15.4 Å². The molecule has 1 aromatic rings. The Kier molecular flexibility index (Phi) is 7.88. The quantitative estimate of drug-likeness (QED) is 0.639. The molecule has 0 fully saturated rings. The van der Waals surface area contributed by atoms with Crippen LogP contribution in [0.25, 0.3) is 0 Å². The lowest BCUT2D eigenvalue weighted by Crippen LogP contribution is -3.11. The lowest BCUT2D eigenvalue weighted by Gasteiger charge is -2.19. The van der Waals surface area contributed by atoms with Crippen LogP contribution < -0.4 is 20.3 Å². The maximum Gasteiger partial charge on any atom is 0.573 e. The van der Waals surface area contributed by atoms with Gasteiger partial charge in [-0.2, -0.15) is 0 Å². The Labute approximate surface area is 150 Å². The van der Waals surface area contributed by atoms with Crippen LogP contribution >= 0.6 is 0 Å². The molecule has 0 saturated carbocycles. The molecule has 3 N–H and O–H groups in total. The number of rotatable bonds is 8. The normalized spacial score (nSPS) is 13.8. The molecule has 0 aliphatic heterocycles. The minimum atomic E-state index is -4.76. The number of halogens is 3. The highest BCUT2D eigenvalue weighted by Crippen LogP contribution is 2.23. The smallest absolute Gasteiger partial charge is 0.406 e. The van der Waals surface area contributed by atoms with Gasteiger partial charge in [0.25, 0.3) is 11.8 Å². The number of quaternary nitrogens is 1. The minimum absolute atomic E-state index is 0.0431. The van der Waals surface area contributed by atoms with Crippen LogP contribution in [0.3, 0.4) is 0 Å². The first kappa shape index (κ1) is 21.8. The first-order valence-electron chi connectivity index (χ1n) is 8.22. The Morgan fingerprint density at radius 2 is 1.62 bits per heavy atom. The van der Waals surface area contributed by atoms with Crippen LogP contribution in [-0.2, 0) is 9.59 Å². The number of likely N-dealkylation sites (N-methyl/N-ethyl adjacent to an activating group) is 1. The van der Waals surface area contributed by atoms with Crippen molar-refractivity contribution < 1.29 is 32.4 Å². The van der Waals surface area contributed by atoms with Crippen molar-refractivity contribution in [1.82, 2.24) is 5.32 Å². The largest absolute Gasteiger partial charge is 0.573 e. The van der Waals surface area contributed by atoms with E-state index >= 15 is 0 Å². The third-order valence-corrected chi connectivity index (χ3v) is 3.68. The Bertz CT molecular complexity index is 604. The van der Waals surface area contributed by atoms with Crippen LogP contribution in [0, 0.1) is 5.92 Å². The van der Waals surface area contributed by atoms with Gasteiger partial charge in [0.1, 0.15) is 5.75 Å². The number of carbonyl (C=O) groups excluding carboxylic acids is 2. The van der Waals surface area contributed by atoms with Crippen molar-refractivity contribution >= 4 is 17.5 Å². The fourth-order valence-corrected chi connectivity index (χ4v) is 2.03. The number of amides is 2. The Hall–Kier alpha value is -2.29. The van der Waals surface area contributed by atoms with Gasteiger partial charge in [-0.25, -0.2) is 0 Å². The molecule has 2 amide bonds. The standard InChI is InChI=1S/C17H24F3N3O3/c1-11(2)12(3)21-15(24)9-23(4)10-16(25)22-13-5-7-14(8-6-13)26-17(18,19)20/h5-8,11-12H,9-10H2,1-4H3,(H,21,24)(H,22,25)/p+1/t12-/m1/s1. The van der Waals surface area contributed by atoms with E-state index in [4.69, 9.17) is 0 Å². The summed E-state index contributed by atoms with van der Waals surface area (Å²) in [6.07, 6.45) is -4.76. The molecule has 0 heterocycles. The molecule has 0 aliphatic carbocycles. The van der Waals surface area contributed by atoms with E-state index in [1.165, 1.54) is 12.1 Å². The Balaban J connectivity index is 2.44. The average molecular weight is 376 g/mol. The monoisotopic (exact) mass is 376 g/mol. The molecule has 26 heavy (non-hydrogen) atoms. The van der Waals surface area contributed by atoms with Crippen LogP contribution in [0.15, 0.2) is 24.3 Å². The molecule has 146 valence electrons. The molecule has 0 radical (unpaired) electrons. The molecule has 0 bridgehead atoms. The minimum Gasteiger partial charge on any atom is -0.406 e. The Morgan fingerprint density at radius 3 is 2.12 bits per heavy atom. The number of anilines is 1. The lowest BCUT2D eigenvalue weighted by atomic mass is 10.1. The summed E-state index contributed by atoms with van der Waals surface area (Å²) in [6.45, 7) is 6.10. The molecule has 6 nitrogen and oxygen atoms in total. The molecule has 1 unspecified atom stereocenters. The van der Waals surface area contributed by atoms with Gasteiger partial charge in [0.05, 0.1) is 7.05 Å². The second kappa shape index (κ2) is 9.42. The zero-order chi connectivity index (χ0) is 19.9. The zero-order valence-corrected chi connectivity index (χ0v) is 15.2. The summed E-state index contributed by atoms with van der Waals surface area (Å²) in [5.41, 5.74) is 0.343. The number of ether oxygens (including phenoxy) is 1. The van der Waals surface area contributed by atoms with Gasteiger partial charge in [-0.15, -0.1) is 13.2 Å². The van der Waals surface area contributed by atoms with Crippen LogP contribution in [-0.4, -0.2) is 44.4 Å². The molecule has 1 rings (SSSR count). The van der Waals surface area contributed by atoms with Crippen molar-refractivity contribution in [2.45, 2.75) is 33.2 Å². The Morgan fingerprint density at radius 1 is 1.08 bits per heavy atom. The van der Waals surface area contributed by atoms with Gasteiger partial charge in [0, 0.05) is 11.7 Å². The van der Waals surface area contributed by atoms with Crippen molar-refractivity contribution in [3.63, 3.8) is 0 Å². The second-order valence-corrected chi connectivity index (χ2v) is 6.53. The van der Waals surface area contributed by atoms with Gasteiger partial charge in [-0.1, -0.05) is 13.8 Å². The third-order valence-electron chi connectivity index (χ3n) is 3.68. The van der Waals surface area contributed by atoms with Gasteiger partial charge >= 0.3 is 6.36 Å². The van der Waals surface area contributed by atoms with Gasteiger partial charge in [0.15, 0.2) is 13.1 Å². The molecular weight excluding hydrogens is 351 g/mol. The summed E-state index contributed by atoms with van der Waals surface area (Å²) in [7, 11) is 1.71. The fourth-order valence-electron chi connectivity index (χ4n) is 2.03. The van der Waals surface area contributed by atoms with E-state index in [0.717, 1.165) is 12.1 Å². The average Bonchev–Trinajstić information content (AvgIpc) is 2.47. The van der Waals surface area contributed by atoms with Crippen molar-refractivity contribution in [1.29, 1.82) is 0 Å². The predicted molar refractivity (Wildman–Crippen MR) is 90.8 cm³/mol. The van der Waals surface area contributed by atoms with Gasteiger partial charge in [-0.05, 0) is 37.1 Å². The summed E-state index contributed by atoms with van der Waals surface area (Å²) >= 11 is 0. The number of carbonyl (C=O) groups is 2. The highest BCUT2D eigenvalue weighted by molar-refractivity contribution is 5.91. The van der Waals surface area contributed by atoms with Gasteiger partial charge in [-0.3, -0.25) is 9.59 Å². The van der Waals surface area contributed by atoms with Crippen LogP contribution in [0.2, 0.25) is 0 Å². The number of hydrogen-bond donors (Lipinski definition) is 3. The number of benzene rings is 1.